The predicted molar refractivity (Wildman–Crippen MR) is 78.2 cm³/mol. The maximum Gasteiger partial charge on any atom is 0.247 e. The Morgan fingerprint density at radius 1 is 1.30 bits per heavy atom. The Hall–Kier alpha value is -2.50. The van der Waals surface area contributed by atoms with Crippen LogP contribution in [0.25, 0.3) is 6.08 Å². The van der Waals surface area contributed by atoms with Crippen molar-refractivity contribution in [3.8, 4) is 0 Å². The maximum absolute atomic E-state index is 12.1. The molecule has 1 heterocycles. The second-order valence-electron chi connectivity index (χ2n) is 4.81. The summed E-state index contributed by atoms with van der Waals surface area (Å²) in [6.07, 6.45) is 4.40. The molecule has 20 heavy (non-hydrogen) atoms. The average Bonchev–Trinajstić information content (AvgIpc) is 2.89. The zero-order chi connectivity index (χ0) is 14.7. The minimum Gasteiger partial charge on any atom is -0.399 e. The number of hydrogen-bond donors (Lipinski definition) is 3. The van der Waals surface area contributed by atoms with Crippen molar-refractivity contribution in [1.29, 1.82) is 0 Å². The van der Waals surface area contributed by atoms with Crippen LogP contribution in [0.2, 0.25) is 0 Å². The topological polar surface area (TPSA) is 115 Å². The monoisotopic (exact) mass is 274 g/mol. The first-order chi connectivity index (χ1) is 9.49. The molecule has 1 unspecified atom stereocenters. The number of rotatable bonds is 3. The number of benzene rings is 1. The van der Waals surface area contributed by atoms with Gasteiger partial charge in [0.25, 0.3) is 0 Å². The highest BCUT2D eigenvalue weighted by Gasteiger charge is 2.31. The Labute approximate surface area is 117 Å². The van der Waals surface area contributed by atoms with E-state index in [0.717, 1.165) is 6.42 Å². The number of amides is 2. The van der Waals surface area contributed by atoms with Crippen molar-refractivity contribution in [2.45, 2.75) is 18.9 Å². The molecule has 6 N–H and O–H groups in total. The fraction of sp³-hybridized carbons (Fsp3) is 0.286. The number of primary amides is 1. The van der Waals surface area contributed by atoms with Crippen molar-refractivity contribution in [3.63, 3.8) is 0 Å². The molecule has 1 aliphatic heterocycles. The highest BCUT2D eigenvalue weighted by atomic mass is 16.2. The van der Waals surface area contributed by atoms with E-state index in [1.54, 1.807) is 24.3 Å². The third kappa shape index (κ3) is 2.90. The van der Waals surface area contributed by atoms with Crippen LogP contribution in [0.5, 0.6) is 0 Å². The summed E-state index contributed by atoms with van der Waals surface area (Å²) in [6.45, 7) is 0.545. The van der Waals surface area contributed by atoms with Gasteiger partial charge in [0, 0.05) is 24.0 Å². The molecular formula is C14H18N4O2. The van der Waals surface area contributed by atoms with Crippen LogP contribution in [0, 0.1) is 0 Å². The third-order valence-corrected chi connectivity index (χ3v) is 3.38. The van der Waals surface area contributed by atoms with Gasteiger partial charge < -0.3 is 22.1 Å². The van der Waals surface area contributed by atoms with Gasteiger partial charge in [0.05, 0.1) is 0 Å². The van der Waals surface area contributed by atoms with Gasteiger partial charge in [0.15, 0.2) is 0 Å². The Balaban J connectivity index is 2.13. The molecule has 1 aromatic rings. The summed E-state index contributed by atoms with van der Waals surface area (Å²) < 4.78 is 0. The van der Waals surface area contributed by atoms with Crippen molar-refractivity contribution in [1.82, 2.24) is 4.90 Å². The quantitative estimate of drug-likeness (QED) is 0.544. The Morgan fingerprint density at radius 2 is 2.05 bits per heavy atom. The van der Waals surface area contributed by atoms with Crippen LogP contribution < -0.4 is 17.2 Å². The minimum atomic E-state index is -0.509. The van der Waals surface area contributed by atoms with Gasteiger partial charge in [0.1, 0.15) is 6.04 Å². The predicted octanol–water partition coefficient (Wildman–Crippen LogP) is 0.340. The smallest absolute Gasteiger partial charge is 0.247 e. The average molecular weight is 274 g/mol. The van der Waals surface area contributed by atoms with Crippen LogP contribution in [0.3, 0.4) is 0 Å². The molecule has 1 saturated heterocycles. The summed E-state index contributed by atoms with van der Waals surface area (Å²) >= 11 is 0. The van der Waals surface area contributed by atoms with Gasteiger partial charge in [-0.05, 0) is 42.7 Å². The van der Waals surface area contributed by atoms with Gasteiger partial charge in [0.2, 0.25) is 11.8 Å². The first-order valence-corrected chi connectivity index (χ1v) is 6.42. The lowest BCUT2D eigenvalue weighted by molar-refractivity contribution is -0.133. The van der Waals surface area contributed by atoms with E-state index in [1.165, 1.54) is 11.0 Å². The molecule has 2 amide bonds. The van der Waals surface area contributed by atoms with E-state index >= 15 is 0 Å². The van der Waals surface area contributed by atoms with Crippen molar-refractivity contribution >= 4 is 29.3 Å². The highest BCUT2D eigenvalue weighted by Crippen LogP contribution is 2.20. The molecule has 6 nitrogen and oxygen atoms in total. The molecule has 1 fully saturated rings. The summed E-state index contributed by atoms with van der Waals surface area (Å²) in [6, 6.07) is 4.55. The zero-order valence-corrected chi connectivity index (χ0v) is 11.1. The number of hydrogen-bond acceptors (Lipinski definition) is 4. The lowest BCUT2D eigenvalue weighted by Crippen LogP contribution is -2.43. The molecule has 2 rings (SSSR count). The van der Waals surface area contributed by atoms with Gasteiger partial charge in [-0.2, -0.15) is 0 Å². The van der Waals surface area contributed by atoms with Gasteiger partial charge in [-0.15, -0.1) is 0 Å². The number of nitrogens with zero attached hydrogens (tertiary/aromatic N) is 1. The second kappa shape index (κ2) is 5.64. The van der Waals surface area contributed by atoms with Gasteiger partial charge in [-0.1, -0.05) is 0 Å². The number of carbonyl (C=O) groups excluding carboxylic acids is 2. The van der Waals surface area contributed by atoms with E-state index in [4.69, 9.17) is 17.2 Å². The molecular weight excluding hydrogens is 256 g/mol. The van der Waals surface area contributed by atoms with Gasteiger partial charge in [-0.25, -0.2) is 0 Å². The minimum absolute atomic E-state index is 0.242. The van der Waals surface area contributed by atoms with E-state index in [0.29, 0.717) is 29.9 Å². The Bertz CT molecular complexity index is 568. The molecule has 1 atom stereocenters. The highest BCUT2D eigenvalue weighted by molar-refractivity contribution is 5.96. The van der Waals surface area contributed by atoms with E-state index in [-0.39, 0.29) is 5.91 Å². The fourth-order valence-corrected chi connectivity index (χ4v) is 2.32. The van der Waals surface area contributed by atoms with Crippen LogP contribution in [0.15, 0.2) is 24.3 Å². The number of nitrogens with two attached hydrogens (primary N) is 3. The largest absolute Gasteiger partial charge is 0.399 e. The Kier molecular flexibility index (Phi) is 3.93. The molecule has 0 aliphatic carbocycles. The van der Waals surface area contributed by atoms with Crippen molar-refractivity contribution in [2.24, 2.45) is 5.73 Å². The first-order valence-electron chi connectivity index (χ1n) is 6.42. The number of anilines is 2. The molecule has 6 heteroatoms. The number of carbonyl (C=O) groups is 2. The van der Waals surface area contributed by atoms with E-state index in [2.05, 4.69) is 0 Å². The first kappa shape index (κ1) is 13.9. The summed E-state index contributed by atoms with van der Waals surface area (Å²) in [7, 11) is 0. The molecule has 0 saturated carbocycles. The second-order valence-corrected chi connectivity index (χ2v) is 4.81. The maximum atomic E-state index is 12.1. The van der Waals surface area contributed by atoms with Crippen LogP contribution in [-0.2, 0) is 9.59 Å². The third-order valence-electron chi connectivity index (χ3n) is 3.38. The number of likely N-dealkylation sites (tertiary alicyclic amines) is 1. The lowest BCUT2D eigenvalue weighted by Gasteiger charge is -2.20. The van der Waals surface area contributed by atoms with Crippen LogP contribution in [0.4, 0.5) is 11.4 Å². The SMILES string of the molecule is NC(=O)C1CCCN1C(=O)/C=C/c1cc(N)ccc1N. The molecule has 0 bridgehead atoms. The van der Waals surface area contributed by atoms with Crippen molar-refractivity contribution in [3.05, 3.63) is 29.8 Å². The van der Waals surface area contributed by atoms with Crippen LogP contribution in [-0.4, -0.2) is 29.3 Å². The van der Waals surface area contributed by atoms with Crippen LogP contribution >= 0.6 is 0 Å². The van der Waals surface area contributed by atoms with Gasteiger partial charge in [-0.3, -0.25) is 9.59 Å². The molecule has 0 aromatic heterocycles. The zero-order valence-electron chi connectivity index (χ0n) is 11.1. The van der Waals surface area contributed by atoms with Crippen molar-refractivity contribution < 1.29 is 9.59 Å². The molecule has 0 spiro atoms. The standard InChI is InChI=1S/C14H18N4O2/c15-10-4-5-11(16)9(8-10)3-6-13(19)18-7-1-2-12(18)14(17)20/h3-6,8,12H,1-2,7,15-16H2,(H2,17,20)/b6-3+. The summed E-state index contributed by atoms with van der Waals surface area (Å²) in [5, 5.41) is 0. The van der Waals surface area contributed by atoms with Crippen molar-refractivity contribution in [2.75, 3.05) is 18.0 Å². The summed E-state index contributed by atoms with van der Waals surface area (Å²) in [5.74, 6) is -0.708. The van der Waals surface area contributed by atoms with E-state index in [9.17, 15) is 9.59 Å². The fourth-order valence-electron chi connectivity index (χ4n) is 2.32. The Morgan fingerprint density at radius 3 is 2.75 bits per heavy atom. The van der Waals surface area contributed by atoms with Gasteiger partial charge >= 0.3 is 0 Å². The van der Waals surface area contributed by atoms with E-state index in [1.807, 2.05) is 0 Å². The molecule has 106 valence electrons. The number of nitrogen functional groups attached to an aromatic ring is 2. The molecule has 1 aliphatic rings. The molecule has 0 radical (unpaired) electrons. The summed E-state index contributed by atoms with van der Waals surface area (Å²) in [4.78, 5) is 24.8. The van der Waals surface area contributed by atoms with E-state index < -0.39 is 11.9 Å². The van der Waals surface area contributed by atoms with Crippen LogP contribution in [0.1, 0.15) is 18.4 Å². The summed E-state index contributed by atoms with van der Waals surface area (Å²) in [5.41, 5.74) is 18.5. The normalized spacial score (nSPS) is 18.6. The molecule has 1 aromatic carbocycles. The lowest BCUT2D eigenvalue weighted by atomic mass is 10.1.